The summed E-state index contributed by atoms with van der Waals surface area (Å²) in [6, 6.07) is 7.04. The Labute approximate surface area is 214 Å². The van der Waals surface area contributed by atoms with E-state index < -0.39 is 0 Å². The van der Waals surface area contributed by atoms with Crippen molar-refractivity contribution in [2.75, 3.05) is 113 Å². The summed E-state index contributed by atoms with van der Waals surface area (Å²) < 4.78 is 47.8. The van der Waals surface area contributed by atoms with Gasteiger partial charge in [-0.15, -0.1) is 0 Å². The summed E-state index contributed by atoms with van der Waals surface area (Å²) in [5, 5.41) is 0. The summed E-state index contributed by atoms with van der Waals surface area (Å²) in [6.07, 6.45) is 1.72. The van der Waals surface area contributed by atoms with Crippen LogP contribution in [0.3, 0.4) is 0 Å². The van der Waals surface area contributed by atoms with Gasteiger partial charge in [-0.25, -0.2) is 4.79 Å². The van der Waals surface area contributed by atoms with E-state index in [-0.39, 0.29) is 12.6 Å². The predicted molar refractivity (Wildman–Crippen MR) is 134 cm³/mol. The number of esters is 1. The van der Waals surface area contributed by atoms with Crippen LogP contribution in [0.1, 0.15) is 15.9 Å². The Morgan fingerprint density at radius 1 is 0.583 bits per heavy atom. The Hall–Kier alpha value is -1.89. The summed E-state index contributed by atoms with van der Waals surface area (Å²) in [6.45, 7) is 11.3. The van der Waals surface area contributed by atoms with Crippen LogP contribution in [0.2, 0.25) is 0 Å². The molecule has 0 saturated carbocycles. The molecule has 0 unspecified atom stereocenters. The van der Waals surface area contributed by atoms with Crippen LogP contribution in [-0.4, -0.2) is 119 Å². The van der Waals surface area contributed by atoms with Crippen molar-refractivity contribution in [2.45, 2.75) is 0 Å². The Kier molecular flexibility index (Phi) is 22.1. The maximum Gasteiger partial charge on any atom is 0.338 e. The van der Waals surface area contributed by atoms with Crippen LogP contribution in [0.15, 0.2) is 30.8 Å². The number of hydrogen-bond donors (Lipinski definition) is 0. The van der Waals surface area contributed by atoms with E-state index >= 15 is 0 Å². The lowest BCUT2D eigenvalue weighted by atomic mass is 10.1. The van der Waals surface area contributed by atoms with Gasteiger partial charge in [-0.3, -0.25) is 0 Å². The normalized spacial score (nSPS) is 11.0. The average molecular weight is 515 g/mol. The van der Waals surface area contributed by atoms with Crippen molar-refractivity contribution in [2.24, 2.45) is 0 Å². The molecule has 0 N–H and O–H groups in total. The Morgan fingerprint density at radius 2 is 0.917 bits per heavy atom. The topological polar surface area (TPSA) is 100 Å². The molecule has 36 heavy (non-hydrogen) atoms. The average Bonchev–Trinajstić information content (AvgIpc) is 2.91. The molecule has 1 aromatic carbocycles. The molecule has 0 spiro atoms. The van der Waals surface area contributed by atoms with Crippen molar-refractivity contribution in [1.82, 2.24) is 0 Å². The van der Waals surface area contributed by atoms with E-state index in [9.17, 15) is 4.79 Å². The van der Waals surface area contributed by atoms with Crippen molar-refractivity contribution in [3.05, 3.63) is 42.0 Å². The summed E-state index contributed by atoms with van der Waals surface area (Å²) in [4.78, 5) is 11.9. The third-order valence-corrected chi connectivity index (χ3v) is 4.51. The van der Waals surface area contributed by atoms with Gasteiger partial charge in [0.25, 0.3) is 0 Å². The molecule has 0 fully saturated rings. The van der Waals surface area contributed by atoms with Crippen LogP contribution >= 0.6 is 0 Å². The fourth-order valence-electron chi connectivity index (χ4n) is 2.60. The molecule has 0 aliphatic heterocycles. The molecule has 1 rings (SSSR count). The van der Waals surface area contributed by atoms with E-state index in [0.29, 0.717) is 105 Å². The Bertz CT molecular complexity index is 638. The molecule has 206 valence electrons. The van der Waals surface area contributed by atoms with Gasteiger partial charge in [-0.2, -0.15) is 0 Å². The highest BCUT2D eigenvalue weighted by Crippen LogP contribution is 2.06. The molecular formula is C26H42O10. The minimum atomic E-state index is -0.375. The highest BCUT2D eigenvalue weighted by atomic mass is 16.6. The number of benzene rings is 1. The lowest BCUT2D eigenvalue weighted by Gasteiger charge is -2.09. The summed E-state index contributed by atoms with van der Waals surface area (Å²) >= 11 is 0. The molecule has 0 radical (unpaired) electrons. The monoisotopic (exact) mass is 514 g/mol. The number of rotatable bonds is 26. The third-order valence-electron chi connectivity index (χ3n) is 4.51. The van der Waals surface area contributed by atoms with E-state index in [4.69, 9.17) is 42.6 Å². The molecule has 0 amide bonds. The molecule has 0 aromatic heterocycles. The van der Waals surface area contributed by atoms with E-state index in [0.717, 1.165) is 5.56 Å². The van der Waals surface area contributed by atoms with Crippen LogP contribution in [0.25, 0.3) is 6.08 Å². The summed E-state index contributed by atoms with van der Waals surface area (Å²) in [7, 11) is 1.64. The first-order chi connectivity index (χ1) is 17.8. The summed E-state index contributed by atoms with van der Waals surface area (Å²) in [5.41, 5.74) is 1.45. The number of ether oxygens (including phenoxy) is 9. The Balaban J connectivity index is 1.73. The van der Waals surface area contributed by atoms with Gasteiger partial charge in [-0.1, -0.05) is 24.8 Å². The molecular weight excluding hydrogens is 472 g/mol. The van der Waals surface area contributed by atoms with E-state index in [2.05, 4.69) is 6.58 Å². The fraction of sp³-hybridized carbons (Fsp3) is 0.654. The molecule has 10 nitrogen and oxygen atoms in total. The highest BCUT2D eigenvalue weighted by Gasteiger charge is 2.06. The number of hydrogen-bond acceptors (Lipinski definition) is 10. The quantitative estimate of drug-likeness (QED) is 0.135. The van der Waals surface area contributed by atoms with Gasteiger partial charge in [0.2, 0.25) is 0 Å². The molecule has 0 aliphatic carbocycles. The standard InChI is InChI=1S/C26H42O10/c1-3-24-4-6-25(7-5-24)26(27)36-23-22-35-21-20-34-19-18-33-17-16-32-15-14-31-13-12-30-11-10-29-9-8-28-2/h3-7H,1,8-23H2,2H3. The largest absolute Gasteiger partial charge is 0.460 e. The summed E-state index contributed by atoms with van der Waals surface area (Å²) in [5.74, 6) is -0.375. The molecule has 0 atom stereocenters. The molecule has 0 saturated heterocycles. The van der Waals surface area contributed by atoms with Crippen molar-refractivity contribution >= 4 is 12.0 Å². The van der Waals surface area contributed by atoms with Gasteiger partial charge in [0, 0.05) is 7.11 Å². The second-order valence-corrected chi connectivity index (χ2v) is 7.24. The number of carbonyl (C=O) groups is 1. The first-order valence-electron chi connectivity index (χ1n) is 12.2. The van der Waals surface area contributed by atoms with Crippen molar-refractivity contribution in [3.63, 3.8) is 0 Å². The van der Waals surface area contributed by atoms with Crippen LogP contribution in [-0.2, 0) is 42.6 Å². The first-order valence-corrected chi connectivity index (χ1v) is 12.2. The van der Waals surface area contributed by atoms with Gasteiger partial charge >= 0.3 is 5.97 Å². The number of methoxy groups -OCH3 is 1. The fourth-order valence-corrected chi connectivity index (χ4v) is 2.60. The highest BCUT2D eigenvalue weighted by molar-refractivity contribution is 5.89. The smallest absolute Gasteiger partial charge is 0.338 e. The van der Waals surface area contributed by atoms with Crippen LogP contribution in [0.5, 0.6) is 0 Å². The van der Waals surface area contributed by atoms with Crippen LogP contribution in [0, 0.1) is 0 Å². The lowest BCUT2D eigenvalue weighted by Crippen LogP contribution is -2.15. The second-order valence-electron chi connectivity index (χ2n) is 7.24. The van der Waals surface area contributed by atoms with Gasteiger partial charge in [0.1, 0.15) is 6.61 Å². The maximum absolute atomic E-state index is 11.9. The zero-order valence-corrected chi connectivity index (χ0v) is 21.5. The maximum atomic E-state index is 11.9. The SMILES string of the molecule is C=Cc1ccc(C(=O)OCCOCCOCCOCCOCCOCCOCCOCCOC)cc1. The van der Waals surface area contributed by atoms with Crippen molar-refractivity contribution in [3.8, 4) is 0 Å². The molecule has 0 aliphatic rings. The van der Waals surface area contributed by atoms with E-state index in [1.807, 2.05) is 12.1 Å². The molecule has 10 heteroatoms. The molecule has 1 aromatic rings. The predicted octanol–water partition coefficient (Wildman–Crippen LogP) is 2.25. The minimum Gasteiger partial charge on any atom is -0.460 e. The van der Waals surface area contributed by atoms with Crippen molar-refractivity contribution < 1.29 is 47.4 Å². The van der Waals surface area contributed by atoms with Gasteiger partial charge in [-0.05, 0) is 17.7 Å². The van der Waals surface area contributed by atoms with Crippen LogP contribution < -0.4 is 0 Å². The molecule has 0 heterocycles. The zero-order valence-electron chi connectivity index (χ0n) is 21.5. The number of carbonyl (C=O) groups excluding carboxylic acids is 1. The Morgan fingerprint density at radius 3 is 1.25 bits per heavy atom. The van der Waals surface area contributed by atoms with Crippen molar-refractivity contribution in [1.29, 1.82) is 0 Å². The lowest BCUT2D eigenvalue weighted by molar-refractivity contribution is -0.0235. The minimum absolute atomic E-state index is 0.190. The zero-order chi connectivity index (χ0) is 25.9. The molecule has 0 bridgehead atoms. The second kappa shape index (κ2) is 24.8. The van der Waals surface area contributed by atoms with Crippen LogP contribution in [0.4, 0.5) is 0 Å². The van der Waals surface area contributed by atoms with E-state index in [1.165, 1.54) is 0 Å². The van der Waals surface area contributed by atoms with Gasteiger partial charge in [0.15, 0.2) is 0 Å². The van der Waals surface area contributed by atoms with E-state index in [1.54, 1.807) is 25.3 Å². The van der Waals surface area contributed by atoms with Gasteiger partial charge < -0.3 is 42.6 Å². The first kappa shape index (κ1) is 32.1. The third kappa shape index (κ3) is 19.3. The van der Waals surface area contributed by atoms with Gasteiger partial charge in [0.05, 0.1) is 105 Å².